The van der Waals surface area contributed by atoms with Gasteiger partial charge in [-0.05, 0) is 32.6 Å². The molecule has 19 heavy (non-hydrogen) atoms. The summed E-state index contributed by atoms with van der Waals surface area (Å²) in [4.78, 5) is 13.8. The van der Waals surface area contributed by atoms with Gasteiger partial charge in [-0.3, -0.25) is 0 Å². The van der Waals surface area contributed by atoms with E-state index in [0.29, 0.717) is 12.5 Å². The summed E-state index contributed by atoms with van der Waals surface area (Å²) >= 11 is 0. The van der Waals surface area contributed by atoms with Crippen molar-refractivity contribution >= 4 is 6.09 Å². The average Bonchev–Trinajstić information content (AvgIpc) is 2.35. The lowest BCUT2D eigenvalue weighted by Crippen LogP contribution is -2.52. The number of likely N-dealkylation sites (tertiary alicyclic amines) is 1. The minimum atomic E-state index is -0.196. The normalized spacial score (nSPS) is 31.0. The predicted molar refractivity (Wildman–Crippen MR) is 73.1 cm³/mol. The van der Waals surface area contributed by atoms with Crippen LogP contribution in [-0.2, 0) is 9.47 Å². The quantitative estimate of drug-likeness (QED) is 0.828. The Balaban J connectivity index is 1.74. The molecule has 5 nitrogen and oxygen atoms in total. The van der Waals surface area contributed by atoms with Gasteiger partial charge in [0.15, 0.2) is 0 Å². The first-order valence-corrected chi connectivity index (χ1v) is 7.26. The van der Waals surface area contributed by atoms with E-state index >= 15 is 0 Å². The highest BCUT2D eigenvalue weighted by Crippen LogP contribution is 2.18. The van der Waals surface area contributed by atoms with Crippen LogP contribution in [0.15, 0.2) is 0 Å². The van der Waals surface area contributed by atoms with Crippen LogP contribution >= 0.6 is 0 Å². The van der Waals surface area contributed by atoms with Gasteiger partial charge in [-0.1, -0.05) is 6.92 Å². The Hall–Kier alpha value is -0.810. The summed E-state index contributed by atoms with van der Waals surface area (Å²) in [6, 6.07) is 0. The predicted octanol–water partition coefficient (Wildman–Crippen LogP) is 1.62. The van der Waals surface area contributed by atoms with E-state index in [1.165, 1.54) is 6.42 Å². The zero-order valence-corrected chi connectivity index (χ0v) is 12.3. The Morgan fingerprint density at radius 2 is 2.32 bits per heavy atom. The van der Waals surface area contributed by atoms with Gasteiger partial charge in [-0.25, -0.2) is 4.79 Å². The van der Waals surface area contributed by atoms with Crippen LogP contribution in [0.25, 0.3) is 0 Å². The molecule has 2 aliphatic rings. The molecular formula is C14H26N2O3. The largest absolute Gasteiger partial charge is 0.447 e. The number of hydrogen-bond acceptors (Lipinski definition) is 4. The molecule has 0 spiro atoms. The van der Waals surface area contributed by atoms with Crippen LogP contribution in [0.3, 0.4) is 0 Å². The van der Waals surface area contributed by atoms with E-state index in [4.69, 9.17) is 9.47 Å². The zero-order valence-electron chi connectivity index (χ0n) is 12.3. The molecule has 0 aromatic heterocycles. The minimum Gasteiger partial charge on any atom is -0.447 e. The van der Waals surface area contributed by atoms with Crippen LogP contribution in [0.1, 0.15) is 33.6 Å². The molecule has 2 atom stereocenters. The second-order valence-corrected chi connectivity index (χ2v) is 6.40. The molecule has 2 heterocycles. The zero-order chi connectivity index (χ0) is 13.9. The summed E-state index contributed by atoms with van der Waals surface area (Å²) in [6.07, 6.45) is 2.03. The fourth-order valence-corrected chi connectivity index (χ4v) is 2.77. The maximum atomic E-state index is 12.0. The second kappa shape index (κ2) is 6.09. The molecule has 5 heteroatoms. The van der Waals surface area contributed by atoms with Crippen molar-refractivity contribution in [1.29, 1.82) is 0 Å². The molecule has 0 aromatic rings. The minimum absolute atomic E-state index is 0.0464. The van der Waals surface area contributed by atoms with E-state index in [-0.39, 0.29) is 17.8 Å². The molecular weight excluding hydrogens is 244 g/mol. The number of hydrogen-bond donors (Lipinski definition) is 1. The van der Waals surface area contributed by atoms with Gasteiger partial charge in [0.2, 0.25) is 0 Å². The van der Waals surface area contributed by atoms with Gasteiger partial charge in [-0.15, -0.1) is 0 Å². The number of piperidine rings is 1. The van der Waals surface area contributed by atoms with Crippen molar-refractivity contribution in [1.82, 2.24) is 10.2 Å². The van der Waals surface area contributed by atoms with Crippen molar-refractivity contribution in [2.45, 2.75) is 45.3 Å². The SMILES string of the molecule is CC1CCCN(C(=O)OCC2CNCC(C)(C)O2)C1. The van der Waals surface area contributed by atoms with E-state index in [1.807, 2.05) is 18.7 Å². The maximum absolute atomic E-state index is 12.0. The molecule has 0 saturated carbocycles. The first-order valence-electron chi connectivity index (χ1n) is 7.26. The molecule has 0 aromatic carbocycles. The average molecular weight is 270 g/mol. The molecule has 110 valence electrons. The highest BCUT2D eigenvalue weighted by atomic mass is 16.6. The number of amides is 1. The van der Waals surface area contributed by atoms with Crippen LogP contribution in [0.4, 0.5) is 4.79 Å². The number of morpholine rings is 1. The van der Waals surface area contributed by atoms with Crippen LogP contribution in [-0.4, -0.2) is 55.5 Å². The summed E-state index contributed by atoms with van der Waals surface area (Å²) in [5.74, 6) is 0.577. The lowest BCUT2D eigenvalue weighted by atomic mass is 10.0. The van der Waals surface area contributed by atoms with Crippen LogP contribution in [0, 0.1) is 5.92 Å². The number of carbonyl (C=O) groups is 1. The highest BCUT2D eigenvalue weighted by molar-refractivity contribution is 5.67. The molecule has 1 amide bonds. The summed E-state index contributed by atoms with van der Waals surface area (Å²) in [5.41, 5.74) is -0.186. The Morgan fingerprint density at radius 1 is 1.53 bits per heavy atom. The third-order valence-corrected chi connectivity index (χ3v) is 3.72. The first kappa shape index (κ1) is 14.6. The fourth-order valence-electron chi connectivity index (χ4n) is 2.77. The smallest absolute Gasteiger partial charge is 0.409 e. The molecule has 0 radical (unpaired) electrons. The summed E-state index contributed by atoms with van der Waals surface area (Å²) in [7, 11) is 0. The van der Waals surface area contributed by atoms with Crippen LogP contribution in [0.2, 0.25) is 0 Å². The molecule has 0 bridgehead atoms. The lowest BCUT2D eigenvalue weighted by molar-refractivity contribution is -0.113. The number of ether oxygens (including phenoxy) is 2. The van der Waals surface area contributed by atoms with E-state index in [2.05, 4.69) is 12.2 Å². The highest BCUT2D eigenvalue weighted by Gasteiger charge is 2.30. The topological polar surface area (TPSA) is 50.8 Å². The van der Waals surface area contributed by atoms with Crippen molar-refractivity contribution in [3.05, 3.63) is 0 Å². The molecule has 0 aliphatic carbocycles. The first-order chi connectivity index (χ1) is 8.96. The van der Waals surface area contributed by atoms with Gasteiger partial charge in [-0.2, -0.15) is 0 Å². The van der Waals surface area contributed by atoms with Gasteiger partial charge < -0.3 is 19.7 Å². The van der Waals surface area contributed by atoms with E-state index in [1.54, 1.807) is 0 Å². The second-order valence-electron chi connectivity index (χ2n) is 6.40. The summed E-state index contributed by atoms with van der Waals surface area (Å²) in [5, 5.41) is 3.31. The van der Waals surface area contributed by atoms with Crippen molar-refractivity contribution in [2.75, 3.05) is 32.8 Å². The van der Waals surface area contributed by atoms with Gasteiger partial charge in [0.05, 0.1) is 5.60 Å². The Bertz CT molecular complexity index is 320. The van der Waals surface area contributed by atoms with Gasteiger partial charge in [0, 0.05) is 26.2 Å². The molecule has 2 saturated heterocycles. The molecule has 2 aliphatic heterocycles. The molecule has 2 fully saturated rings. The van der Waals surface area contributed by atoms with Crippen molar-refractivity contribution < 1.29 is 14.3 Å². The van der Waals surface area contributed by atoms with Crippen LogP contribution in [0.5, 0.6) is 0 Å². The van der Waals surface area contributed by atoms with Crippen molar-refractivity contribution in [3.63, 3.8) is 0 Å². The number of nitrogens with zero attached hydrogens (tertiary/aromatic N) is 1. The van der Waals surface area contributed by atoms with Crippen molar-refractivity contribution in [3.8, 4) is 0 Å². The number of carbonyl (C=O) groups excluding carboxylic acids is 1. The third-order valence-electron chi connectivity index (χ3n) is 3.72. The third kappa shape index (κ3) is 4.35. The van der Waals surface area contributed by atoms with Crippen molar-refractivity contribution in [2.24, 2.45) is 5.92 Å². The fraction of sp³-hybridized carbons (Fsp3) is 0.929. The Labute approximate surface area is 115 Å². The number of nitrogens with one attached hydrogen (secondary N) is 1. The summed E-state index contributed by atoms with van der Waals surface area (Å²) in [6.45, 7) is 9.80. The van der Waals surface area contributed by atoms with E-state index < -0.39 is 0 Å². The van der Waals surface area contributed by atoms with Gasteiger partial charge >= 0.3 is 6.09 Å². The monoisotopic (exact) mass is 270 g/mol. The summed E-state index contributed by atoms with van der Waals surface area (Å²) < 4.78 is 11.3. The van der Waals surface area contributed by atoms with Gasteiger partial charge in [0.25, 0.3) is 0 Å². The van der Waals surface area contributed by atoms with E-state index in [9.17, 15) is 4.79 Å². The lowest BCUT2D eigenvalue weighted by Gasteiger charge is -2.37. The standard InChI is InChI=1S/C14H26N2O3/c1-11-5-4-6-16(8-11)13(17)18-9-12-7-15-10-14(2,3)19-12/h11-12,15H,4-10H2,1-3H3. The molecule has 2 unspecified atom stereocenters. The number of rotatable bonds is 2. The van der Waals surface area contributed by atoms with Gasteiger partial charge in [0.1, 0.15) is 12.7 Å². The molecule has 2 rings (SSSR count). The Kier molecular flexibility index (Phi) is 4.68. The molecule has 1 N–H and O–H groups in total. The Morgan fingerprint density at radius 3 is 3.00 bits per heavy atom. The van der Waals surface area contributed by atoms with Crippen LogP contribution < -0.4 is 5.32 Å². The van der Waals surface area contributed by atoms with E-state index in [0.717, 1.165) is 32.6 Å². The maximum Gasteiger partial charge on any atom is 0.409 e.